The minimum Gasteiger partial charge on any atom is -0.427 e. The topological polar surface area (TPSA) is 73.2 Å². The summed E-state index contributed by atoms with van der Waals surface area (Å²) in [6.07, 6.45) is 0.649. The zero-order valence-electron chi connectivity index (χ0n) is 16.5. The number of ether oxygens (including phenoxy) is 1. The van der Waals surface area contributed by atoms with Crippen LogP contribution in [0.15, 0.2) is 78.9 Å². The van der Waals surface area contributed by atoms with E-state index in [1.165, 1.54) is 6.92 Å². The molecule has 1 N–H and O–H groups in total. The van der Waals surface area contributed by atoms with E-state index in [2.05, 4.69) is 9.88 Å². The van der Waals surface area contributed by atoms with E-state index in [4.69, 9.17) is 9.72 Å². The molecule has 3 aromatic carbocycles. The number of para-hydroxylation sites is 3. The molecule has 1 amide bonds. The summed E-state index contributed by atoms with van der Waals surface area (Å²) in [7, 11) is 0. The van der Waals surface area contributed by atoms with Gasteiger partial charge in [0.15, 0.2) is 0 Å². The lowest BCUT2D eigenvalue weighted by Gasteiger charge is -2.09. The first-order chi connectivity index (χ1) is 14.6. The average molecular weight is 399 g/mol. The van der Waals surface area contributed by atoms with E-state index in [0.29, 0.717) is 17.9 Å². The van der Waals surface area contributed by atoms with Gasteiger partial charge in [0.2, 0.25) is 5.91 Å². The van der Waals surface area contributed by atoms with Gasteiger partial charge >= 0.3 is 5.97 Å². The standard InChI is InChI=1S/C24H21N3O3/c1-17(28)25-18-11-13-20(14-12-18)30-24(29)16-15-23-26-21-9-5-6-10-22(21)27(23)19-7-3-2-4-8-19/h2-14H,15-16H2,1H3,(H,25,28). The van der Waals surface area contributed by atoms with Crippen molar-refractivity contribution < 1.29 is 14.3 Å². The van der Waals surface area contributed by atoms with Crippen molar-refractivity contribution in [2.45, 2.75) is 19.8 Å². The second kappa shape index (κ2) is 8.61. The number of carbonyl (C=O) groups is 2. The van der Waals surface area contributed by atoms with Crippen LogP contribution in [-0.4, -0.2) is 21.4 Å². The van der Waals surface area contributed by atoms with Crippen LogP contribution in [0.4, 0.5) is 5.69 Å². The van der Waals surface area contributed by atoms with Gasteiger partial charge in [-0.1, -0.05) is 30.3 Å². The molecular formula is C24H21N3O3. The van der Waals surface area contributed by atoms with Crippen LogP contribution >= 0.6 is 0 Å². The third-order valence-corrected chi connectivity index (χ3v) is 4.60. The molecule has 0 aliphatic heterocycles. The van der Waals surface area contributed by atoms with Gasteiger partial charge in [-0.2, -0.15) is 0 Å². The Labute approximate surface area is 174 Å². The van der Waals surface area contributed by atoms with Crippen LogP contribution in [0.1, 0.15) is 19.2 Å². The molecule has 0 spiro atoms. The number of nitrogens with one attached hydrogen (secondary N) is 1. The van der Waals surface area contributed by atoms with Crippen LogP contribution in [0.25, 0.3) is 16.7 Å². The minimum atomic E-state index is -0.339. The molecule has 150 valence electrons. The number of rotatable bonds is 6. The molecule has 6 nitrogen and oxygen atoms in total. The van der Waals surface area contributed by atoms with E-state index in [1.54, 1.807) is 24.3 Å². The lowest BCUT2D eigenvalue weighted by molar-refractivity contribution is -0.134. The summed E-state index contributed by atoms with van der Waals surface area (Å²) in [6, 6.07) is 24.6. The number of nitrogens with zero attached hydrogens (tertiary/aromatic N) is 2. The highest BCUT2D eigenvalue weighted by Gasteiger charge is 2.14. The maximum atomic E-state index is 12.4. The number of esters is 1. The molecule has 0 radical (unpaired) electrons. The largest absolute Gasteiger partial charge is 0.427 e. The van der Waals surface area contributed by atoms with Gasteiger partial charge < -0.3 is 10.1 Å². The van der Waals surface area contributed by atoms with Crippen molar-refractivity contribution in [3.63, 3.8) is 0 Å². The number of hydrogen-bond donors (Lipinski definition) is 1. The Morgan fingerprint density at radius 3 is 2.37 bits per heavy atom. The molecule has 4 rings (SSSR count). The quantitative estimate of drug-likeness (QED) is 0.382. The number of imidazole rings is 1. The van der Waals surface area contributed by atoms with E-state index < -0.39 is 0 Å². The monoisotopic (exact) mass is 399 g/mol. The van der Waals surface area contributed by atoms with Gasteiger partial charge in [0.05, 0.1) is 17.5 Å². The third kappa shape index (κ3) is 4.38. The van der Waals surface area contributed by atoms with Crippen LogP contribution in [0.5, 0.6) is 5.75 Å². The van der Waals surface area contributed by atoms with Gasteiger partial charge in [-0.05, 0) is 48.5 Å². The zero-order chi connectivity index (χ0) is 20.9. The van der Waals surface area contributed by atoms with Crippen molar-refractivity contribution in [3.8, 4) is 11.4 Å². The number of carbonyl (C=O) groups excluding carboxylic acids is 2. The summed E-state index contributed by atoms with van der Waals surface area (Å²) in [4.78, 5) is 28.2. The number of hydrogen-bond acceptors (Lipinski definition) is 4. The van der Waals surface area contributed by atoms with E-state index in [1.807, 2.05) is 54.6 Å². The molecular weight excluding hydrogens is 378 g/mol. The Balaban J connectivity index is 1.48. The SMILES string of the molecule is CC(=O)Nc1ccc(OC(=O)CCc2nc3ccccc3n2-c2ccccc2)cc1. The third-order valence-electron chi connectivity index (χ3n) is 4.60. The van der Waals surface area contributed by atoms with Crippen molar-refractivity contribution >= 4 is 28.6 Å². The number of amides is 1. The summed E-state index contributed by atoms with van der Waals surface area (Å²) in [5.41, 5.74) is 3.54. The normalized spacial score (nSPS) is 10.7. The lowest BCUT2D eigenvalue weighted by Crippen LogP contribution is -2.11. The van der Waals surface area contributed by atoms with Crippen molar-refractivity contribution in [3.05, 3.63) is 84.7 Å². The highest BCUT2D eigenvalue weighted by atomic mass is 16.5. The average Bonchev–Trinajstić information content (AvgIpc) is 3.12. The molecule has 6 heteroatoms. The molecule has 0 bridgehead atoms. The fourth-order valence-electron chi connectivity index (χ4n) is 3.31. The molecule has 1 heterocycles. The molecule has 4 aromatic rings. The number of aryl methyl sites for hydroxylation is 1. The smallest absolute Gasteiger partial charge is 0.311 e. The van der Waals surface area contributed by atoms with E-state index in [9.17, 15) is 9.59 Å². The highest BCUT2D eigenvalue weighted by molar-refractivity contribution is 5.88. The summed E-state index contributed by atoms with van der Waals surface area (Å²) in [5.74, 6) is 0.751. The van der Waals surface area contributed by atoms with Gasteiger partial charge in [-0.25, -0.2) is 4.98 Å². The van der Waals surface area contributed by atoms with Crippen LogP contribution in [-0.2, 0) is 16.0 Å². The van der Waals surface area contributed by atoms with Crippen molar-refractivity contribution in [1.82, 2.24) is 9.55 Å². The van der Waals surface area contributed by atoms with Crippen LogP contribution < -0.4 is 10.1 Å². The minimum absolute atomic E-state index is 0.152. The Kier molecular flexibility index (Phi) is 5.57. The Hall–Kier alpha value is -3.93. The van der Waals surface area contributed by atoms with E-state index in [0.717, 1.165) is 22.5 Å². The number of fused-ring (bicyclic) bond motifs is 1. The summed E-state index contributed by atoms with van der Waals surface area (Å²) >= 11 is 0. The van der Waals surface area contributed by atoms with E-state index in [-0.39, 0.29) is 18.3 Å². The molecule has 0 atom stereocenters. The zero-order valence-corrected chi connectivity index (χ0v) is 16.5. The second-order valence-corrected chi connectivity index (χ2v) is 6.87. The number of benzene rings is 3. The van der Waals surface area contributed by atoms with Crippen LogP contribution in [0.2, 0.25) is 0 Å². The number of anilines is 1. The predicted octanol–water partition coefficient (Wildman–Crippen LogP) is 4.52. The van der Waals surface area contributed by atoms with Crippen LogP contribution in [0, 0.1) is 0 Å². The molecule has 0 saturated heterocycles. The Bertz CT molecular complexity index is 1180. The molecule has 0 aliphatic rings. The number of aromatic nitrogens is 2. The molecule has 30 heavy (non-hydrogen) atoms. The molecule has 0 aliphatic carbocycles. The van der Waals surface area contributed by atoms with Gasteiger partial charge in [0.25, 0.3) is 0 Å². The van der Waals surface area contributed by atoms with Crippen LogP contribution in [0.3, 0.4) is 0 Å². The maximum Gasteiger partial charge on any atom is 0.311 e. The molecule has 0 unspecified atom stereocenters. The highest BCUT2D eigenvalue weighted by Crippen LogP contribution is 2.23. The van der Waals surface area contributed by atoms with Crippen molar-refractivity contribution in [1.29, 1.82) is 0 Å². The van der Waals surface area contributed by atoms with Gasteiger partial charge in [0.1, 0.15) is 11.6 Å². The summed E-state index contributed by atoms with van der Waals surface area (Å²) < 4.78 is 7.50. The second-order valence-electron chi connectivity index (χ2n) is 6.87. The van der Waals surface area contributed by atoms with E-state index >= 15 is 0 Å². The molecule has 0 saturated carbocycles. The Morgan fingerprint density at radius 1 is 0.933 bits per heavy atom. The Morgan fingerprint density at radius 2 is 1.63 bits per heavy atom. The van der Waals surface area contributed by atoms with Gasteiger partial charge in [-0.15, -0.1) is 0 Å². The van der Waals surface area contributed by atoms with Gasteiger partial charge in [-0.3, -0.25) is 14.2 Å². The summed E-state index contributed by atoms with van der Waals surface area (Å²) in [5, 5.41) is 2.68. The van der Waals surface area contributed by atoms with Crippen molar-refractivity contribution in [2.75, 3.05) is 5.32 Å². The predicted molar refractivity (Wildman–Crippen MR) is 116 cm³/mol. The summed E-state index contributed by atoms with van der Waals surface area (Å²) in [6.45, 7) is 1.44. The molecule has 0 fully saturated rings. The first-order valence-corrected chi connectivity index (χ1v) is 9.70. The van der Waals surface area contributed by atoms with Gasteiger partial charge in [0, 0.05) is 24.7 Å². The fourth-order valence-corrected chi connectivity index (χ4v) is 3.31. The lowest BCUT2D eigenvalue weighted by atomic mass is 10.2. The van der Waals surface area contributed by atoms with Crippen molar-refractivity contribution in [2.24, 2.45) is 0 Å². The first-order valence-electron chi connectivity index (χ1n) is 9.70. The maximum absolute atomic E-state index is 12.4. The molecule has 1 aromatic heterocycles. The fraction of sp³-hybridized carbons (Fsp3) is 0.125. The first kappa shape index (κ1) is 19.4.